The monoisotopic (exact) mass is 453 g/mol. The third-order valence-corrected chi connectivity index (χ3v) is 6.12. The quantitative estimate of drug-likeness (QED) is 0.376. The lowest BCUT2D eigenvalue weighted by atomic mass is 10.1. The summed E-state index contributed by atoms with van der Waals surface area (Å²) in [5, 5.41) is 0. The Labute approximate surface area is 191 Å². The molecule has 0 saturated heterocycles. The highest BCUT2D eigenvalue weighted by Crippen LogP contribution is 2.14. The molecule has 8 heteroatoms. The first-order valence-electron chi connectivity index (χ1n) is 10.5. The molecule has 0 radical (unpaired) electrons. The molecule has 0 fully saturated rings. The molecule has 7 nitrogen and oxygen atoms in total. The minimum Gasteiger partial charge on any atom is -0.384 e. The van der Waals surface area contributed by atoms with E-state index in [2.05, 4.69) is 0 Å². The molecule has 3 aromatic rings. The number of benzene rings is 2. The van der Waals surface area contributed by atoms with Gasteiger partial charge < -0.3 is 10.6 Å². The van der Waals surface area contributed by atoms with Gasteiger partial charge in [0.15, 0.2) is 0 Å². The van der Waals surface area contributed by atoms with Crippen LogP contribution in [-0.2, 0) is 19.6 Å². The zero-order chi connectivity index (χ0) is 23.3. The van der Waals surface area contributed by atoms with E-state index in [1.54, 1.807) is 18.7 Å². The lowest BCUT2D eigenvalue weighted by Crippen LogP contribution is -3.08. The second kappa shape index (κ2) is 10.5. The van der Waals surface area contributed by atoms with Crippen molar-refractivity contribution in [2.45, 2.75) is 31.5 Å². The van der Waals surface area contributed by atoms with Crippen LogP contribution < -0.4 is 21.9 Å². The first-order valence-corrected chi connectivity index (χ1v) is 11.7. The Morgan fingerprint density at radius 3 is 2.25 bits per heavy atom. The Morgan fingerprint density at radius 1 is 1.00 bits per heavy atom. The maximum atomic E-state index is 13.1. The number of nitrogens with one attached hydrogen (secondary N) is 1. The maximum absolute atomic E-state index is 13.1. The number of Topliss-reactive ketones (excluding diaryl/α,β-unsaturated/α-hetero) is 1. The summed E-state index contributed by atoms with van der Waals surface area (Å²) >= 11 is 1.67. The SMILES string of the molecule is CCn1c(=O)c(C(=O)C[NH+](C)Cc2ccc(SC)cc2)c(N)n(Cc2ccccc2)c1=O. The standard InChI is InChI=1S/C24H28N4O3S/c1-4-27-23(30)21(22(25)28(24(27)31)15-17-8-6-5-7-9-17)20(29)16-26(2)14-18-10-12-19(32-3)13-11-18/h5-13H,4,14-16,25H2,1-3H3/p+1. The number of rotatable bonds is 9. The number of ketones is 1. The number of nitrogen functional groups attached to an aromatic ring is 1. The largest absolute Gasteiger partial charge is 0.384 e. The molecule has 1 heterocycles. The van der Waals surface area contributed by atoms with Gasteiger partial charge in [-0.15, -0.1) is 11.8 Å². The number of carbonyl (C=O) groups is 1. The minimum absolute atomic E-state index is 0.0734. The molecule has 0 aliphatic carbocycles. The third kappa shape index (κ3) is 5.20. The number of hydrogen-bond acceptors (Lipinski definition) is 5. The van der Waals surface area contributed by atoms with Gasteiger partial charge in [-0.1, -0.05) is 42.5 Å². The number of thioether (sulfide) groups is 1. The highest BCUT2D eigenvalue weighted by molar-refractivity contribution is 7.98. The first kappa shape index (κ1) is 23.6. The van der Waals surface area contributed by atoms with E-state index in [0.717, 1.165) is 20.6 Å². The van der Waals surface area contributed by atoms with Crippen molar-refractivity contribution >= 4 is 23.4 Å². The second-order valence-corrected chi connectivity index (χ2v) is 8.63. The number of hydrogen-bond donors (Lipinski definition) is 2. The number of likely N-dealkylation sites (N-methyl/N-ethyl adjacent to an activating group) is 1. The van der Waals surface area contributed by atoms with Gasteiger partial charge >= 0.3 is 5.69 Å². The predicted octanol–water partition coefficient (Wildman–Crippen LogP) is 1.28. The summed E-state index contributed by atoms with van der Waals surface area (Å²) in [6, 6.07) is 17.5. The molecule has 2 aromatic carbocycles. The van der Waals surface area contributed by atoms with E-state index in [9.17, 15) is 14.4 Å². The number of nitrogens with zero attached hydrogens (tertiary/aromatic N) is 2. The van der Waals surface area contributed by atoms with Gasteiger partial charge in [0, 0.05) is 17.0 Å². The van der Waals surface area contributed by atoms with E-state index in [1.165, 1.54) is 9.46 Å². The Hall–Kier alpha value is -3.10. The van der Waals surface area contributed by atoms with Crippen molar-refractivity contribution in [1.82, 2.24) is 9.13 Å². The topological polar surface area (TPSA) is 91.5 Å². The van der Waals surface area contributed by atoms with E-state index in [4.69, 9.17) is 5.73 Å². The van der Waals surface area contributed by atoms with Gasteiger partial charge in [0.2, 0.25) is 5.78 Å². The summed E-state index contributed by atoms with van der Waals surface area (Å²) in [5.74, 6) is -0.439. The molecule has 0 bridgehead atoms. The van der Waals surface area contributed by atoms with Gasteiger partial charge in [-0.2, -0.15) is 0 Å². The molecule has 3 N–H and O–H groups in total. The fourth-order valence-corrected chi connectivity index (χ4v) is 4.10. The molecule has 0 amide bonds. The van der Waals surface area contributed by atoms with Crippen molar-refractivity contribution < 1.29 is 9.69 Å². The van der Waals surface area contributed by atoms with Gasteiger partial charge in [0.25, 0.3) is 5.56 Å². The van der Waals surface area contributed by atoms with Crippen LogP contribution >= 0.6 is 11.8 Å². The molecule has 0 aliphatic heterocycles. The minimum atomic E-state index is -0.624. The Bertz CT molecular complexity index is 1200. The maximum Gasteiger partial charge on any atom is 0.332 e. The lowest BCUT2D eigenvalue weighted by Gasteiger charge is -2.17. The van der Waals surface area contributed by atoms with Gasteiger partial charge in [-0.05, 0) is 30.9 Å². The van der Waals surface area contributed by atoms with Crippen molar-refractivity contribution in [3.63, 3.8) is 0 Å². The fourth-order valence-electron chi connectivity index (χ4n) is 3.69. The van der Waals surface area contributed by atoms with Crippen LogP contribution in [0.4, 0.5) is 5.82 Å². The average molecular weight is 454 g/mol. The van der Waals surface area contributed by atoms with E-state index in [1.807, 2.05) is 67.9 Å². The molecule has 1 atom stereocenters. The van der Waals surface area contributed by atoms with Crippen LogP contribution in [0.3, 0.4) is 0 Å². The second-order valence-electron chi connectivity index (χ2n) is 7.75. The molecule has 1 aromatic heterocycles. The van der Waals surface area contributed by atoms with Crippen molar-refractivity contribution in [1.29, 1.82) is 0 Å². The summed E-state index contributed by atoms with van der Waals surface area (Å²) in [4.78, 5) is 41.0. The molecule has 1 unspecified atom stereocenters. The molecule has 0 spiro atoms. The Kier molecular flexibility index (Phi) is 7.71. The zero-order valence-electron chi connectivity index (χ0n) is 18.6. The third-order valence-electron chi connectivity index (χ3n) is 5.37. The fraction of sp³-hybridized carbons (Fsp3) is 0.292. The van der Waals surface area contributed by atoms with Crippen molar-refractivity contribution in [2.24, 2.45) is 0 Å². The lowest BCUT2D eigenvalue weighted by molar-refractivity contribution is -0.884. The molecule has 0 aliphatic rings. The van der Waals surface area contributed by atoms with Crippen LogP contribution in [0.25, 0.3) is 0 Å². The molecule has 3 rings (SSSR count). The molecule has 168 valence electrons. The van der Waals surface area contributed by atoms with Crippen molar-refractivity contribution in [2.75, 3.05) is 25.6 Å². The highest BCUT2D eigenvalue weighted by atomic mass is 32.2. The van der Waals surface area contributed by atoms with Gasteiger partial charge in [0.1, 0.15) is 24.5 Å². The molecular formula is C24H29N4O3S+. The van der Waals surface area contributed by atoms with Crippen LogP contribution in [0.5, 0.6) is 0 Å². The number of carbonyl (C=O) groups excluding carboxylic acids is 1. The van der Waals surface area contributed by atoms with E-state index >= 15 is 0 Å². The van der Waals surface area contributed by atoms with E-state index in [0.29, 0.717) is 6.54 Å². The predicted molar refractivity (Wildman–Crippen MR) is 129 cm³/mol. The summed E-state index contributed by atoms with van der Waals surface area (Å²) in [5.41, 5.74) is 6.95. The highest BCUT2D eigenvalue weighted by Gasteiger charge is 2.24. The summed E-state index contributed by atoms with van der Waals surface area (Å²) in [7, 11) is 1.90. The number of nitrogens with two attached hydrogens (primary N) is 1. The average Bonchev–Trinajstić information content (AvgIpc) is 2.78. The van der Waals surface area contributed by atoms with E-state index < -0.39 is 11.2 Å². The van der Waals surface area contributed by atoms with Gasteiger partial charge in [-0.25, -0.2) is 4.79 Å². The van der Waals surface area contributed by atoms with Crippen LogP contribution in [-0.4, -0.2) is 34.8 Å². The van der Waals surface area contributed by atoms with E-state index in [-0.39, 0.29) is 36.8 Å². The number of aromatic nitrogens is 2. The molecule has 0 saturated carbocycles. The normalized spacial score (nSPS) is 12.0. The van der Waals surface area contributed by atoms with Crippen LogP contribution in [0.2, 0.25) is 0 Å². The van der Waals surface area contributed by atoms with Crippen LogP contribution in [0.1, 0.15) is 28.4 Å². The van der Waals surface area contributed by atoms with Crippen molar-refractivity contribution in [3.05, 3.63) is 92.1 Å². The first-order chi connectivity index (χ1) is 15.3. The van der Waals surface area contributed by atoms with Crippen LogP contribution in [0, 0.1) is 0 Å². The summed E-state index contributed by atoms with van der Waals surface area (Å²) in [6.07, 6.45) is 2.02. The van der Waals surface area contributed by atoms with Gasteiger partial charge in [-0.3, -0.25) is 18.7 Å². The molecule has 32 heavy (non-hydrogen) atoms. The Balaban J connectivity index is 1.89. The zero-order valence-corrected chi connectivity index (χ0v) is 19.4. The van der Waals surface area contributed by atoms with Crippen molar-refractivity contribution in [3.8, 4) is 0 Å². The summed E-state index contributed by atoms with van der Waals surface area (Å²) < 4.78 is 2.38. The Morgan fingerprint density at radius 2 is 1.66 bits per heavy atom. The number of quaternary nitrogens is 1. The summed E-state index contributed by atoms with van der Waals surface area (Å²) in [6.45, 7) is 2.78. The number of anilines is 1. The van der Waals surface area contributed by atoms with Crippen LogP contribution in [0.15, 0.2) is 69.1 Å². The molecular weight excluding hydrogens is 424 g/mol. The van der Waals surface area contributed by atoms with Gasteiger partial charge in [0.05, 0.1) is 13.6 Å². The smallest absolute Gasteiger partial charge is 0.332 e.